The predicted octanol–water partition coefficient (Wildman–Crippen LogP) is 3.31. The Labute approximate surface area is 345 Å². The van der Waals surface area contributed by atoms with Crippen LogP contribution in [0.15, 0.2) is 72.9 Å². The number of aliphatic hydroxyl groups is 8. The Hall–Kier alpha value is -2.57. The van der Waals surface area contributed by atoms with Gasteiger partial charge >= 0.3 is 0 Å². The number of unbranched alkanes of at least 4 members (excludes halogenated alkanes) is 6. The first kappa shape index (κ1) is 51.6. The third-order valence-electron chi connectivity index (χ3n) is 9.90. The Morgan fingerprint density at radius 1 is 0.638 bits per heavy atom. The molecule has 2 rings (SSSR count). The summed E-state index contributed by atoms with van der Waals surface area (Å²) in [5.41, 5.74) is 0. The quantitative estimate of drug-likeness (QED) is 0.0390. The molecule has 2 saturated heterocycles. The summed E-state index contributed by atoms with van der Waals surface area (Å²) < 4.78 is 22.5. The third-order valence-corrected chi connectivity index (χ3v) is 9.90. The molecule has 12 unspecified atom stereocenters. The largest absolute Gasteiger partial charge is 0.394 e. The Bertz CT molecular complexity index is 1250. The molecule has 0 aromatic heterocycles. The van der Waals surface area contributed by atoms with E-state index in [0.29, 0.717) is 12.8 Å². The molecule has 0 aliphatic carbocycles. The maximum atomic E-state index is 13.0. The van der Waals surface area contributed by atoms with Crippen LogP contribution < -0.4 is 5.32 Å². The lowest BCUT2D eigenvalue weighted by atomic mass is 9.97. The molecule has 1 amide bonds. The standard InChI is InChI=1S/C44H73NO13/c1-3-5-7-9-11-12-13-14-15-16-17-18-19-20-22-24-26-28-36(49)45-32(33(48)27-25-23-21-10-8-6-4-2)31-55-43-41(54)39(52)42(35(30-47)57-43)58-44-40(53)38(51)37(50)34(29-46)56-44/h5,7,11-12,14-15,17-18,20,22,25,27,32-35,37-44,46-48,50-54H,3-4,6,8-10,13,16,19,21,23-24,26,28-31H2,1-2H3,(H,45,49)/b7-5-,12-11-,15-14-,18-17-,22-20-,27-25+. The second-order valence-corrected chi connectivity index (χ2v) is 14.7. The smallest absolute Gasteiger partial charge is 0.220 e. The average Bonchev–Trinajstić information content (AvgIpc) is 3.22. The van der Waals surface area contributed by atoms with Crippen molar-refractivity contribution < 1.29 is 64.6 Å². The lowest BCUT2D eigenvalue weighted by molar-refractivity contribution is -0.359. The van der Waals surface area contributed by atoms with Crippen LogP contribution in [0.5, 0.6) is 0 Å². The van der Waals surface area contributed by atoms with Gasteiger partial charge in [-0.2, -0.15) is 0 Å². The number of hydrogen-bond donors (Lipinski definition) is 9. The van der Waals surface area contributed by atoms with Gasteiger partial charge in [0, 0.05) is 6.42 Å². The van der Waals surface area contributed by atoms with Gasteiger partial charge in [0.05, 0.1) is 32.0 Å². The molecule has 0 saturated carbocycles. The number of aliphatic hydroxyl groups excluding tert-OH is 8. The fraction of sp³-hybridized carbons (Fsp3) is 0.705. The van der Waals surface area contributed by atoms with Crippen molar-refractivity contribution >= 4 is 5.91 Å². The molecule has 14 nitrogen and oxygen atoms in total. The van der Waals surface area contributed by atoms with Gasteiger partial charge in [0.1, 0.15) is 48.8 Å². The van der Waals surface area contributed by atoms with Crippen molar-refractivity contribution in [2.75, 3.05) is 19.8 Å². The third kappa shape index (κ3) is 19.7. The fourth-order valence-electron chi connectivity index (χ4n) is 6.38. The molecule has 9 N–H and O–H groups in total. The first-order valence-electron chi connectivity index (χ1n) is 21.2. The molecule has 0 aromatic rings. The van der Waals surface area contributed by atoms with E-state index in [1.165, 1.54) is 6.42 Å². The van der Waals surface area contributed by atoms with E-state index in [0.717, 1.165) is 64.2 Å². The van der Waals surface area contributed by atoms with Gasteiger partial charge in [-0.15, -0.1) is 0 Å². The highest BCUT2D eigenvalue weighted by Gasteiger charge is 2.50. The lowest BCUT2D eigenvalue weighted by Gasteiger charge is -2.46. The van der Waals surface area contributed by atoms with Crippen molar-refractivity contribution in [2.24, 2.45) is 0 Å². The summed E-state index contributed by atoms with van der Waals surface area (Å²) in [6.45, 7) is 2.51. The zero-order valence-corrected chi connectivity index (χ0v) is 34.5. The summed E-state index contributed by atoms with van der Waals surface area (Å²) in [5.74, 6) is -0.306. The zero-order valence-electron chi connectivity index (χ0n) is 34.5. The minimum Gasteiger partial charge on any atom is -0.394 e. The van der Waals surface area contributed by atoms with Gasteiger partial charge in [-0.05, 0) is 57.8 Å². The molecule has 2 heterocycles. The summed E-state index contributed by atoms with van der Waals surface area (Å²) in [6.07, 6.45) is 19.9. The van der Waals surface area contributed by atoms with Gasteiger partial charge in [-0.1, -0.05) is 112 Å². The van der Waals surface area contributed by atoms with Gasteiger partial charge in [0.25, 0.3) is 0 Å². The highest BCUT2D eigenvalue weighted by Crippen LogP contribution is 2.29. The first-order chi connectivity index (χ1) is 28.1. The summed E-state index contributed by atoms with van der Waals surface area (Å²) >= 11 is 0. The van der Waals surface area contributed by atoms with Gasteiger partial charge in [-0.3, -0.25) is 4.79 Å². The molecule has 58 heavy (non-hydrogen) atoms. The topological polar surface area (TPSA) is 228 Å². The number of nitrogens with one attached hydrogen (secondary N) is 1. The van der Waals surface area contributed by atoms with Gasteiger partial charge in [-0.25, -0.2) is 0 Å². The van der Waals surface area contributed by atoms with E-state index < -0.39 is 86.8 Å². The van der Waals surface area contributed by atoms with Crippen LogP contribution in [0.1, 0.15) is 104 Å². The van der Waals surface area contributed by atoms with Crippen molar-refractivity contribution in [3.8, 4) is 0 Å². The second kappa shape index (κ2) is 31.3. The van der Waals surface area contributed by atoms with Crippen LogP contribution in [0.25, 0.3) is 0 Å². The average molecular weight is 824 g/mol. The molecular formula is C44H73NO13. The number of rotatable bonds is 29. The maximum absolute atomic E-state index is 13.0. The monoisotopic (exact) mass is 824 g/mol. The molecule has 332 valence electrons. The van der Waals surface area contributed by atoms with Crippen LogP contribution in [0.4, 0.5) is 0 Å². The first-order valence-corrected chi connectivity index (χ1v) is 21.2. The number of carbonyl (C=O) groups excluding carboxylic acids is 1. The van der Waals surface area contributed by atoms with E-state index in [9.17, 15) is 45.6 Å². The summed E-state index contributed by atoms with van der Waals surface area (Å²) in [7, 11) is 0. The SMILES string of the molecule is CC/C=C\C/C=C\C/C=C\C/C=C\C/C=C\CCCC(=O)NC(COC1OC(CO)C(OC2OC(CO)C(O)C(O)C2O)C(O)C1O)C(O)/C=C/CCCCCCC. The van der Waals surface area contributed by atoms with E-state index in [2.05, 4.69) is 73.8 Å². The number of hydrogen-bond acceptors (Lipinski definition) is 13. The van der Waals surface area contributed by atoms with Crippen molar-refractivity contribution in [1.82, 2.24) is 5.32 Å². The number of allylic oxidation sites excluding steroid dienone is 11. The molecule has 0 spiro atoms. The Morgan fingerprint density at radius 2 is 1.19 bits per heavy atom. The molecule has 14 heteroatoms. The minimum absolute atomic E-state index is 0.198. The molecule has 2 fully saturated rings. The highest BCUT2D eigenvalue weighted by molar-refractivity contribution is 5.76. The van der Waals surface area contributed by atoms with E-state index in [1.807, 2.05) is 12.2 Å². The molecule has 12 atom stereocenters. The molecular weight excluding hydrogens is 750 g/mol. The van der Waals surface area contributed by atoms with Crippen LogP contribution >= 0.6 is 0 Å². The maximum Gasteiger partial charge on any atom is 0.220 e. The Morgan fingerprint density at radius 3 is 1.79 bits per heavy atom. The number of ether oxygens (including phenoxy) is 4. The van der Waals surface area contributed by atoms with Gasteiger partial charge in [0.15, 0.2) is 12.6 Å². The van der Waals surface area contributed by atoms with Crippen molar-refractivity contribution in [2.45, 2.75) is 177 Å². The van der Waals surface area contributed by atoms with Crippen molar-refractivity contribution in [3.05, 3.63) is 72.9 Å². The zero-order chi connectivity index (χ0) is 42.5. The molecule has 2 aliphatic rings. The molecule has 0 radical (unpaired) electrons. The van der Waals surface area contributed by atoms with Crippen molar-refractivity contribution in [3.63, 3.8) is 0 Å². The second-order valence-electron chi connectivity index (χ2n) is 14.7. The fourth-order valence-corrected chi connectivity index (χ4v) is 6.38. The molecule has 2 aliphatic heterocycles. The van der Waals surface area contributed by atoms with E-state index in [4.69, 9.17) is 18.9 Å². The molecule has 0 bridgehead atoms. The van der Waals surface area contributed by atoms with E-state index in [-0.39, 0.29) is 18.9 Å². The number of carbonyl (C=O) groups is 1. The van der Waals surface area contributed by atoms with Crippen LogP contribution in [0, 0.1) is 0 Å². The van der Waals surface area contributed by atoms with Crippen LogP contribution in [-0.2, 0) is 23.7 Å². The Balaban J connectivity index is 1.91. The normalized spacial score (nSPS) is 29.6. The van der Waals surface area contributed by atoms with E-state index in [1.54, 1.807) is 6.08 Å². The van der Waals surface area contributed by atoms with Crippen LogP contribution in [0.2, 0.25) is 0 Å². The predicted molar refractivity (Wildman–Crippen MR) is 221 cm³/mol. The summed E-state index contributed by atoms with van der Waals surface area (Å²) in [6, 6.07) is -0.943. The van der Waals surface area contributed by atoms with Crippen molar-refractivity contribution in [1.29, 1.82) is 0 Å². The minimum atomic E-state index is -1.79. The highest BCUT2D eigenvalue weighted by atomic mass is 16.7. The van der Waals surface area contributed by atoms with Gasteiger partial charge < -0.3 is 65.1 Å². The number of amides is 1. The van der Waals surface area contributed by atoms with E-state index >= 15 is 0 Å². The lowest BCUT2D eigenvalue weighted by Crippen LogP contribution is -2.65. The van der Waals surface area contributed by atoms with Crippen LogP contribution in [0.3, 0.4) is 0 Å². The van der Waals surface area contributed by atoms with Crippen LogP contribution in [-0.4, -0.2) is 140 Å². The molecule has 0 aromatic carbocycles. The summed E-state index contributed by atoms with van der Waals surface area (Å²) in [4.78, 5) is 13.0. The Kier molecular flexibility index (Phi) is 27.9. The van der Waals surface area contributed by atoms with Gasteiger partial charge in [0.2, 0.25) is 5.91 Å². The summed E-state index contributed by atoms with van der Waals surface area (Å²) in [5, 5.41) is 86.0.